The maximum absolute atomic E-state index is 12.5. The summed E-state index contributed by atoms with van der Waals surface area (Å²) in [4.78, 5) is 21.2. The van der Waals surface area contributed by atoms with Gasteiger partial charge in [-0.25, -0.2) is 9.97 Å². The van der Waals surface area contributed by atoms with E-state index in [1.54, 1.807) is 38.3 Å². The fraction of sp³-hybridized carbons (Fsp3) is 0.190. The molecule has 29 heavy (non-hydrogen) atoms. The third-order valence-electron chi connectivity index (χ3n) is 4.46. The zero-order chi connectivity index (χ0) is 20.2. The number of hydrogen-bond acceptors (Lipinski definition) is 7. The Morgan fingerprint density at radius 2 is 1.93 bits per heavy atom. The van der Waals surface area contributed by atoms with E-state index >= 15 is 0 Å². The number of amides is 1. The van der Waals surface area contributed by atoms with Crippen molar-refractivity contribution in [2.45, 2.75) is 13.5 Å². The summed E-state index contributed by atoms with van der Waals surface area (Å²) >= 11 is 0. The predicted molar refractivity (Wildman–Crippen MR) is 108 cm³/mol. The topological polar surface area (TPSA) is 94.6 Å². The van der Waals surface area contributed by atoms with Crippen LogP contribution >= 0.6 is 0 Å². The average Bonchev–Trinajstić information content (AvgIpc) is 3.20. The largest absolute Gasteiger partial charge is 0.497 e. The number of hydrogen-bond donors (Lipinski definition) is 2. The average molecular weight is 392 g/mol. The molecule has 8 nitrogen and oxygen atoms in total. The second-order valence-electron chi connectivity index (χ2n) is 6.42. The van der Waals surface area contributed by atoms with Gasteiger partial charge in [-0.2, -0.15) is 0 Å². The molecule has 0 fully saturated rings. The van der Waals surface area contributed by atoms with E-state index in [2.05, 4.69) is 20.6 Å². The highest BCUT2D eigenvalue weighted by molar-refractivity contribution is 6.04. The standard InChI is InChI=1S/C21H20N4O4/c1-13-17(20(26)25-15-4-6-16(27-2)7-5-15)11-23-21(24-13)22-10-14-3-8-18-19(9-14)29-12-28-18/h3-9,11H,10,12H2,1-2H3,(H,25,26)(H,22,23,24). The molecule has 1 aliphatic heterocycles. The Morgan fingerprint density at radius 1 is 1.14 bits per heavy atom. The van der Waals surface area contributed by atoms with Gasteiger partial charge < -0.3 is 24.8 Å². The number of aromatic nitrogens is 2. The molecule has 1 amide bonds. The fourth-order valence-electron chi connectivity index (χ4n) is 2.88. The molecular weight excluding hydrogens is 372 g/mol. The molecule has 1 aromatic heterocycles. The maximum atomic E-state index is 12.5. The summed E-state index contributed by atoms with van der Waals surface area (Å²) in [6.45, 7) is 2.54. The molecule has 8 heteroatoms. The molecule has 2 N–H and O–H groups in total. The van der Waals surface area contributed by atoms with Gasteiger partial charge in [0.25, 0.3) is 5.91 Å². The second-order valence-corrected chi connectivity index (χ2v) is 6.42. The molecule has 148 valence electrons. The van der Waals surface area contributed by atoms with Gasteiger partial charge >= 0.3 is 0 Å². The Kier molecular flexibility index (Phi) is 5.15. The van der Waals surface area contributed by atoms with Gasteiger partial charge in [-0.15, -0.1) is 0 Å². The lowest BCUT2D eigenvalue weighted by molar-refractivity contribution is 0.102. The first kappa shape index (κ1) is 18.5. The fourth-order valence-corrected chi connectivity index (χ4v) is 2.88. The normalized spacial score (nSPS) is 11.8. The van der Waals surface area contributed by atoms with E-state index in [1.165, 1.54) is 6.20 Å². The smallest absolute Gasteiger partial charge is 0.259 e. The van der Waals surface area contributed by atoms with Crippen molar-refractivity contribution in [1.82, 2.24) is 9.97 Å². The number of carbonyl (C=O) groups excluding carboxylic acids is 1. The Morgan fingerprint density at radius 3 is 2.69 bits per heavy atom. The van der Waals surface area contributed by atoms with Crippen molar-refractivity contribution in [2.75, 3.05) is 24.5 Å². The van der Waals surface area contributed by atoms with E-state index < -0.39 is 0 Å². The number of anilines is 2. The minimum absolute atomic E-state index is 0.245. The Labute approximate surface area is 167 Å². The summed E-state index contributed by atoms with van der Waals surface area (Å²) in [5.74, 6) is 2.37. The molecule has 0 unspecified atom stereocenters. The summed E-state index contributed by atoms with van der Waals surface area (Å²) in [7, 11) is 1.59. The van der Waals surface area contributed by atoms with Crippen molar-refractivity contribution >= 4 is 17.5 Å². The number of methoxy groups -OCH3 is 1. The van der Waals surface area contributed by atoms with Gasteiger partial charge in [-0.05, 0) is 48.9 Å². The van der Waals surface area contributed by atoms with E-state index in [0.29, 0.717) is 29.4 Å². The van der Waals surface area contributed by atoms with Gasteiger partial charge in [0, 0.05) is 18.4 Å². The number of fused-ring (bicyclic) bond motifs is 1. The lowest BCUT2D eigenvalue weighted by Crippen LogP contribution is -2.15. The summed E-state index contributed by atoms with van der Waals surface area (Å²) in [6, 6.07) is 12.8. The molecule has 3 aromatic rings. The highest BCUT2D eigenvalue weighted by Gasteiger charge is 2.14. The van der Waals surface area contributed by atoms with Crippen molar-refractivity contribution < 1.29 is 19.0 Å². The van der Waals surface area contributed by atoms with Crippen LogP contribution in [0.2, 0.25) is 0 Å². The van der Waals surface area contributed by atoms with Crippen molar-refractivity contribution in [2.24, 2.45) is 0 Å². The zero-order valence-electron chi connectivity index (χ0n) is 16.1. The van der Waals surface area contributed by atoms with E-state index in [9.17, 15) is 4.79 Å². The highest BCUT2D eigenvalue weighted by Crippen LogP contribution is 2.32. The molecule has 0 radical (unpaired) electrons. The van der Waals surface area contributed by atoms with E-state index in [1.807, 2.05) is 18.2 Å². The van der Waals surface area contributed by atoms with Crippen LogP contribution in [-0.4, -0.2) is 29.8 Å². The lowest BCUT2D eigenvalue weighted by atomic mass is 10.2. The van der Waals surface area contributed by atoms with Gasteiger partial charge in [0.05, 0.1) is 18.4 Å². The number of nitrogens with zero attached hydrogens (tertiary/aromatic N) is 2. The van der Waals surface area contributed by atoms with Crippen LogP contribution in [-0.2, 0) is 6.54 Å². The Bertz CT molecular complexity index is 1040. The number of aryl methyl sites for hydroxylation is 1. The minimum atomic E-state index is -0.269. The monoisotopic (exact) mass is 392 g/mol. The first-order valence-electron chi connectivity index (χ1n) is 9.04. The van der Waals surface area contributed by atoms with Crippen LogP contribution in [0.1, 0.15) is 21.6 Å². The van der Waals surface area contributed by atoms with Crippen molar-refractivity contribution in [1.29, 1.82) is 0 Å². The van der Waals surface area contributed by atoms with Crippen molar-refractivity contribution in [3.63, 3.8) is 0 Å². The van der Waals surface area contributed by atoms with E-state index in [-0.39, 0.29) is 12.7 Å². The van der Waals surface area contributed by atoms with Crippen LogP contribution in [0.25, 0.3) is 0 Å². The van der Waals surface area contributed by atoms with Crippen molar-refractivity contribution in [3.05, 3.63) is 65.5 Å². The van der Waals surface area contributed by atoms with Crippen LogP contribution < -0.4 is 24.8 Å². The number of nitrogens with one attached hydrogen (secondary N) is 2. The molecule has 0 bridgehead atoms. The first-order valence-corrected chi connectivity index (χ1v) is 9.04. The molecule has 1 aliphatic rings. The number of carbonyl (C=O) groups is 1. The van der Waals surface area contributed by atoms with Gasteiger partial charge in [-0.3, -0.25) is 4.79 Å². The molecule has 0 aliphatic carbocycles. The molecule has 0 saturated carbocycles. The van der Waals surface area contributed by atoms with E-state index in [4.69, 9.17) is 14.2 Å². The van der Waals surface area contributed by atoms with Crippen LogP contribution in [0, 0.1) is 6.92 Å². The zero-order valence-corrected chi connectivity index (χ0v) is 16.1. The summed E-state index contributed by atoms with van der Waals surface area (Å²) in [5.41, 5.74) is 2.67. The summed E-state index contributed by atoms with van der Waals surface area (Å²) in [5, 5.41) is 5.99. The van der Waals surface area contributed by atoms with Crippen LogP contribution in [0.4, 0.5) is 11.6 Å². The van der Waals surface area contributed by atoms with Crippen LogP contribution in [0.5, 0.6) is 17.2 Å². The van der Waals surface area contributed by atoms with E-state index in [0.717, 1.165) is 22.8 Å². The van der Waals surface area contributed by atoms with Crippen molar-refractivity contribution in [3.8, 4) is 17.2 Å². The molecular formula is C21H20N4O4. The maximum Gasteiger partial charge on any atom is 0.259 e. The Hall–Kier alpha value is -3.81. The molecule has 0 atom stereocenters. The Balaban J connectivity index is 1.39. The number of ether oxygens (including phenoxy) is 3. The first-order chi connectivity index (χ1) is 14.1. The van der Waals surface area contributed by atoms with Gasteiger partial charge in [-0.1, -0.05) is 6.07 Å². The molecule has 0 spiro atoms. The molecule has 0 saturated heterocycles. The third-order valence-corrected chi connectivity index (χ3v) is 4.46. The SMILES string of the molecule is COc1ccc(NC(=O)c2cnc(NCc3ccc4c(c3)OCO4)nc2C)cc1. The highest BCUT2D eigenvalue weighted by atomic mass is 16.7. The van der Waals surface area contributed by atoms with Gasteiger partial charge in [0.1, 0.15) is 5.75 Å². The number of benzene rings is 2. The molecule has 4 rings (SSSR count). The lowest BCUT2D eigenvalue weighted by Gasteiger charge is -2.10. The molecule has 2 aromatic carbocycles. The minimum Gasteiger partial charge on any atom is -0.497 e. The van der Waals surface area contributed by atoms with Gasteiger partial charge in [0.2, 0.25) is 12.7 Å². The summed E-state index contributed by atoms with van der Waals surface area (Å²) in [6.07, 6.45) is 1.52. The number of rotatable bonds is 6. The van der Waals surface area contributed by atoms with Crippen LogP contribution in [0.15, 0.2) is 48.7 Å². The third kappa shape index (κ3) is 4.21. The summed E-state index contributed by atoms with van der Waals surface area (Å²) < 4.78 is 15.8. The second kappa shape index (κ2) is 8.05. The predicted octanol–water partition coefficient (Wildman–Crippen LogP) is 3.39. The van der Waals surface area contributed by atoms with Gasteiger partial charge in [0.15, 0.2) is 11.5 Å². The molecule has 2 heterocycles. The van der Waals surface area contributed by atoms with Crippen LogP contribution in [0.3, 0.4) is 0 Å². The quantitative estimate of drug-likeness (QED) is 0.664.